The lowest BCUT2D eigenvalue weighted by Crippen LogP contribution is -2.50. The molecule has 0 fully saturated rings. The van der Waals surface area contributed by atoms with Crippen LogP contribution in [-0.2, 0) is 9.09 Å². The molecule has 0 amide bonds. The molecule has 0 radical (unpaired) electrons. The van der Waals surface area contributed by atoms with Crippen molar-refractivity contribution in [2.45, 2.75) is 158 Å². The van der Waals surface area contributed by atoms with Crippen molar-refractivity contribution in [3.8, 4) is 0 Å². The minimum Gasteiger partial charge on any atom is -0.790 e. The van der Waals surface area contributed by atoms with Gasteiger partial charge in [0.15, 0.2) is 0 Å². The average Bonchev–Trinajstić information content (AvgIpc) is 2.96. The predicted octanol–water partition coefficient (Wildman–Crippen LogP) is 3.52. The van der Waals surface area contributed by atoms with E-state index >= 15 is 0 Å². The third-order valence-corrected chi connectivity index (χ3v) is 8.56. The zero-order chi connectivity index (χ0) is 31.2. The highest BCUT2D eigenvalue weighted by Gasteiger charge is 2.25. The molecule has 0 bridgehead atoms. The highest BCUT2D eigenvalue weighted by molar-refractivity contribution is 7.43. The van der Waals surface area contributed by atoms with Gasteiger partial charge in [-0.1, -0.05) is 107 Å². The summed E-state index contributed by atoms with van der Waals surface area (Å²) < 4.78 is 15.5. The number of nitrogens with zero attached hydrogens (tertiary/aromatic N) is 2. The van der Waals surface area contributed by atoms with E-state index < -0.39 is 7.82 Å². The number of unbranched alkanes of at least 4 members (excludes halogenated alkanes) is 8. The third-order valence-electron chi connectivity index (χ3n) is 8.11. The van der Waals surface area contributed by atoms with Crippen LogP contribution >= 0.6 is 7.82 Å². The summed E-state index contributed by atoms with van der Waals surface area (Å²) in [5, 5.41) is 0. The normalized spacial score (nSPS) is 10.4. The molecule has 46 heavy (non-hydrogen) atoms. The van der Waals surface area contributed by atoms with E-state index in [0.717, 1.165) is 7.11 Å². The molecule has 0 saturated carbocycles. The fourth-order valence-corrected chi connectivity index (χ4v) is 5.29. The monoisotopic (exact) mass is 703 g/mol. The molecule has 0 aromatic carbocycles. The van der Waals surface area contributed by atoms with E-state index in [1.807, 2.05) is 0 Å². The van der Waals surface area contributed by atoms with Crippen molar-refractivity contribution in [2.24, 2.45) is 0 Å². The molecule has 12 N–H and O–H groups in total. The first kappa shape index (κ1) is 67.9. The van der Waals surface area contributed by atoms with E-state index in [0.29, 0.717) is 0 Å². The predicted molar refractivity (Wildman–Crippen MR) is 195 cm³/mol. The smallest absolute Gasteiger partial charge is 0.0786 e. The molecule has 0 aromatic rings. The van der Waals surface area contributed by atoms with E-state index in [1.54, 1.807) is 0 Å². The molecule has 0 spiro atoms. The standard InChI is InChI=1S/2C16H36N.CH5O4P.6H2O/c2*1-5-9-13-17(14-10-6-2,15-11-7-3)16-12-8-4;1-5-6(2,3)4;;;;;;/h2*5-16H2,1-4H3;1H3,(H2,2,3,4);6*1H2/q2*+1;;;;;;;/p-2. The molecule has 0 aliphatic carbocycles. The van der Waals surface area contributed by atoms with Crippen molar-refractivity contribution >= 4 is 7.82 Å². The molecule has 0 aromatic heterocycles. The number of hydrogen-bond acceptors (Lipinski definition) is 4. The van der Waals surface area contributed by atoms with Crippen LogP contribution in [-0.4, -0.2) is 101 Å². The zero-order valence-corrected chi connectivity index (χ0v) is 32.8. The minimum absolute atomic E-state index is 0. The topological polar surface area (TPSA) is 261 Å². The Morgan fingerprint density at radius 2 is 0.500 bits per heavy atom. The van der Waals surface area contributed by atoms with Crippen molar-refractivity contribution < 1.29 is 60.7 Å². The van der Waals surface area contributed by atoms with Crippen molar-refractivity contribution in [2.75, 3.05) is 59.5 Å². The molecule has 0 aliphatic rings. The summed E-state index contributed by atoms with van der Waals surface area (Å²) in [5.41, 5.74) is 0. The lowest BCUT2D eigenvalue weighted by Gasteiger charge is -2.39. The van der Waals surface area contributed by atoms with Crippen LogP contribution in [0.2, 0.25) is 0 Å². The summed E-state index contributed by atoms with van der Waals surface area (Å²) >= 11 is 0. The van der Waals surface area contributed by atoms with Crippen LogP contribution < -0.4 is 9.79 Å². The summed E-state index contributed by atoms with van der Waals surface area (Å²) in [5.74, 6) is 0. The molecule has 12 nitrogen and oxygen atoms in total. The highest BCUT2D eigenvalue weighted by atomic mass is 31.2. The van der Waals surface area contributed by atoms with Crippen molar-refractivity contribution in [3.05, 3.63) is 0 Å². The summed E-state index contributed by atoms with van der Waals surface area (Å²) in [6.45, 7) is 30.0. The lowest BCUT2D eigenvalue weighted by molar-refractivity contribution is -0.929. The summed E-state index contributed by atoms with van der Waals surface area (Å²) in [7, 11) is -3.83. The van der Waals surface area contributed by atoms with Crippen LogP contribution in [0.4, 0.5) is 0 Å². The Morgan fingerprint density at radius 3 is 0.565 bits per heavy atom. The van der Waals surface area contributed by atoms with Crippen molar-refractivity contribution in [1.82, 2.24) is 0 Å². The first-order chi connectivity index (χ1) is 19.0. The van der Waals surface area contributed by atoms with E-state index in [9.17, 15) is 14.4 Å². The maximum Gasteiger partial charge on any atom is 0.0786 e. The first-order valence-electron chi connectivity index (χ1n) is 17.3. The van der Waals surface area contributed by atoms with Gasteiger partial charge in [0.2, 0.25) is 0 Å². The summed E-state index contributed by atoms with van der Waals surface area (Å²) in [6, 6.07) is 0. The van der Waals surface area contributed by atoms with E-state index in [2.05, 4.69) is 59.9 Å². The molecule has 0 saturated heterocycles. The second kappa shape index (κ2) is 46.9. The van der Waals surface area contributed by atoms with Gasteiger partial charge in [0.1, 0.15) is 0 Å². The number of phosphoric ester groups is 1. The van der Waals surface area contributed by atoms with Crippen molar-refractivity contribution in [3.63, 3.8) is 0 Å². The maximum absolute atomic E-state index is 9.25. The molecular weight excluding hydrogens is 615 g/mol. The van der Waals surface area contributed by atoms with Crippen LogP contribution in [0.3, 0.4) is 0 Å². The van der Waals surface area contributed by atoms with E-state index in [4.69, 9.17) is 0 Å². The SMILES string of the molecule is CCCC[N+](CCCC)(CCCC)CCCC.CCCC[N+](CCCC)(CCCC)CCCC.COP(=O)([O-])[O-].O.O.O.O.O.O. The maximum atomic E-state index is 9.25. The number of quaternary nitrogens is 2. The van der Waals surface area contributed by atoms with Gasteiger partial charge in [0, 0.05) is 7.11 Å². The van der Waals surface area contributed by atoms with Crippen molar-refractivity contribution in [1.29, 1.82) is 0 Å². The molecule has 0 rings (SSSR count). The van der Waals surface area contributed by atoms with E-state index in [-0.39, 0.29) is 32.9 Å². The Morgan fingerprint density at radius 1 is 0.391 bits per heavy atom. The van der Waals surface area contributed by atoms with Crippen LogP contribution in [0, 0.1) is 0 Å². The molecule has 0 unspecified atom stereocenters. The Kier molecular flexibility index (Phi) is 69.2. The Hall–Kier alpha value is -0.210. The quantitative estimate of drug-likeness (QED) is 0.102. The Labute approximate surface area is 286 Å². The second-order valence-electron chi connectivity index (χ2n) is 11.9. The minimum atomic E-state index is -4.65. The van der Waals surface area contributed by atoms with Gasteiger partial charge >= 0.3 is 0 Å². The van der Waals surface area contributed by atoms with Gasteiger partial charge in [-0.3, -0.25) is 0 Å². The zero-order valence-electron chi connectivity index (χ0n) is 31.9. The molecule has 294 valence electrons. The number of rotatable bonds is 25. The van der Waals surface area contributed by atoms with Gasteiger partial charge in [-0.25, -0.2) is 0 Å². The van der Waals surface area contributed by atoms with Gasteiger partial charge in [-0.15, -0.1) is 0 Å². The number of hydrogen-bond donors (Lipinski definition) is 0. The van der Waals surface area contributed by atoms with Gasteiger partial charge in [0.25, 0.3) is 0 Å². The van der Waals surface area contributed by atoms with Gasteiger partial charge < -0.3 is 60.7 Å². The van der Waals surface area contributed by atoms with Crippen LogP contribution in [0.5, 0.6) is 0 Å². The molecule has 0 aliphatic heterocycles. The van der Waals surface area contributed by atoms with Crippen LogP contribution in [0.25, 0.3) is 0 Å². The Balaban J connectivity index is -0.0000000649. The van der Waals surface area contributed by atoms with Crippen LogP contribution in [0.1, 0.15) is 158 Å². The van der Waals surface area contributed by atoms with Gasteiger partial charge in [-0.05, 0) is 51.4 Å². The summed E-state index contributed by atoms with van der Waals surface area (Å²) in [4.78, 5) is 18.5. The fraction of sp³-hybridized carbons (Fsp3) is 1.00. The average molecular weight is 703 g/mol. The fourth-order valence-electron chi connectivity index (χ4n) is 5.29. The third kappa shape index (κ3) is 43.8. The first-order valence-corrected chi connectivity index (χ1v) is 18.8. The Bertz CT molecular complexity index is 448. The molecular formula is C33H87N2O10P. The van der Waals surface area contributed by atoms with E-state index in [1.165, 1.54) is 164 Å². The molecule has 0 heterocycles. The summed E-state index contributed by atoms with van der Waals surface area (Å²) in [6.07, 6.45) is 22.1. The highest BCUT2D eigenvalue weighted by Crippen LogP contribution is 2.21. The number of phosphoric acid groups is 1. The largest absolute Gasteiger partial charge is 0.790 e. The molecule has 13 heteroatoms. The lowest BCUT2D eigenvalue weighted by atomic mass is 10.1. The van der Waals surface area contributed by atoms with Crippen LogP contribution in [0.15, 0.2) is 0 Å². The second-order valence-corrected chi connectivity index (χ2v) is 13.2. The van der Waals surface area contributed by atoms with Gasteiger partial charge in [-0.2, -0.15) is 0 Å². The molecule has 0 atom stereocenters. The van der Waals surface area contributed by atoms with Gasteiger partial charge in [0.05, 0.1) is 60.2 Å².